The standard InChI is InChI=1S/C25H24N2O3S3/c1-31-20-14-15-22-23(17-20)32-25(26-22)27(18-19-9-4-2-5-10-19)24(28)13-8-16-33(29,30)21-11-6-3-7-12-21/h2-7,9-12,14-15,17H,8,13,16,18H2,1H3. The summed E-state index contributed by atoms with van der Waals surface area (Å²) >= 11 is 3.14. The fourth-order valence-corrected chi connectivity index (χ4v) is 6.33. The number of amides is 1. The van der Waals surface area contributed by atoms with Crippen LogP contribution in [0.1, 0.15) is 18.4 Å². The number of anilines is 1. The fourth-order valence-electron chi connectivity index (χ4n) is 3.46. The van der Waals surface area contributed by atoms with Crippen molar-refractivity contribution in [2.24, 2.45) is 0 Å². The van der Waals surface area contributed by atoms with Crippen LogP contribution in [0.15, 0.2) is 88.7 Å². The van der Waals surface area contributed by atoms with Crippen LogP contribution in [0, 0.1) is 0 Å². The smallest absolute Gasteiger partial charge is 0.229 e. The number of sulfone groups is 1. The molecule has 0 unspecified atom stereocenters. The minimum absolute atomic E-state index is 0.0706. The molecule has 0 aliphatic carbocycles. The molecule has 4 rings (SSSR count). The molecule has 0 N–H and O–H groups in total. The minimum Gasteiger partial charge on any atom is -0.284 e. The van der Waals surface area contributed by atoms with Gasteiger partial charge in [0.25, 0.3) is 0 Å². The van der Waals surface area contributed by atoms with E-state index in [-0.39, 0.29) is 29.4 Å². The van der Waals surface area contributed by atoms with Crippen LogP contribution in [0.2, 0.25) is 0 Å². The molecule has 33 heavy (non-hydrogen) atoms. The van der Waals surface area contributed by atoms with Gasteiger partial charge in [-0.1, -0.05) is 59.9 Å². The van der Waals surface area contributed by atoms with Crippen molar-refractivity contribution in [3.8, 4) is 0 Å². The highest BCUT2D eigenvalue weighted by molar-refractivity contribution is 7.98. The maximum Gasteiger partial charge on any atom is 0.229 e. The Morgan fingerprint density at radius 1 is 1.00 bits per heavy atom. The van der Waals surface area contributed by atoms with Gasteiger partial charge in [-0.2, -0.15) is 0 Å². The highest BCUT2D eigenvalue weighted by Crippen LogP contribution is 2.32. The van der Waals surface area contributed by atoms with E-state index in [1.165, 1.54) is 11.3 Å². The van der Waals surface area contributed by atoms with Gasteiger partial charge in [-0.05, 0) is 48.6 Å². The van der Waals surface area contributed by atoms with E-state index >= 15 is 0 Å². The van der Waals surface area contributed by atoms with E-state index in [1.54, 1.807) is 47.0 Å². The molecule has 1 heterocycles. The van der Waals surface area contributed by atoms with Crippen LogP contribution in [-0.2, 0) is 21.2 Å². The quantitative estimate of drug-likeness (QED) is 0.274. The number of nitrogens with zero attached hydrogens (tertiary/aromatic N) is 2. The number of thiazole rings is 1. The molecule has 3 aromatic carbocycles. The molecular weight excluding hydrogens is 472 g/mol. The third-order valence-corrected chi connectivity index (χ3v) is 8.79. The van der Waals surface area contributed by atoms with Gasteiger partial charge < -0.3 is 0 Å². The van der Waals surface area contributed by atoms with E-state index in [0.29, 0.717) is 11.7 Å². The number of thioether (sulfide) groups is 1. The Morgan fingerprint density at radius 2 is 1.70 bits per heavy atom. The maximum absolute atomic E-state index is 13.3. The van der Waals surface area contributed by atoms with Crippen molar-refractivity contribution in [1.82, 2.24) is 4.98 Å². The van der Waals surface area contributed by atoms with Crippen LogP contribution in [0.5, 0.6) is 0 Å². The average molecular weight is 497 g/mol. The van der Waals surface area contributed by atoms with Crippen molar-refractivity contribution in [1.29, 1.82) is 0 Å². The van der Waals surface area contributed by atoms with Crippen molar-refractivity contribution in [2.75, 3.05) is 16.9 Å². The molecule has 0 aliphatic heterocycles. The van der Waals surface area contributed by atoms with E-state index < -0.39 is 9.84 Å². The molecule has 4 aromatic rings. The normalized spacial score (nSPS) is 11.5. The predicted molar refractivity (Wildman–Crippen MR) is 137 cm³/mol. The zero-order valence-electron chi connectivity index (χ0n) is 18.2. The molecule has 0 bridgehead atoms. The van der Waals surface area contributed by atoms with E-state index in [0.717, 1.165) is 20.7 Å². The summed E-state index contributed by atoms with van der Waals surface area (Å²) in [6.07, 6.45) is 2.41. The van der Waals surface area contributed by atoms with Crippen LogP contribution >= 0.6 is 23.1 Å². The molecule has 0 aliphatic rings. The molecule has 0 saturated carbocycles. The summed E-state index contributed by atoms with van der Waals surface area (Å²) in [7, 11) is -3.42. The first-order valence-electron chi connectivity index (χ1n) is 10.5. The summed E-state index contributed by atoms with van der Waals surface area (Å²) in [5.74, 6) is -0.204. The van der Waals surface area contributed by atoms with Crippen LogP contribution in [0.3, 0.4) is 0 Å². The number of fused-ring (bicyclic) bond motifs is 1. The lowest BCUT2D eigenvalue weighted by molar-refractivity contribution is -0.118. The number of carbonyl (C=O) groups excluding carboxylic acids is 1. The Bertz CT molecular complexity index is 1340. The zero-order valence-corrected chi connectivity index (χ0v) is 20.6. The third-order valence-electron chi connectivity index (χ3n) is 5.21. The van der Waals surface area contributed by atoms with Crippen LogP contribution in [0.25, 0.3) is 10.2 Å². The lowest BCUT2D eigenvalue weighted by atomic mass is 10.2. The van der Waals surface area contributed by atoms with E-state index in [4.69, 9.17) is 4.98 Å². The average Bonchev–Trinajstić information content (AvgIpc) is 3.26. The number of rotatable bonds is 9. The molecule has 0 radical (unpaired) electrons. The van der Waals surface area contributed by atoms with Crippen molar-refractivity contribution in [3.63, 3.8) is 0 Å². The molecule has 5 nitrogen and oxygen atoms in total. The second-order valence-corrected chi connectivity index (χ2v) is 11.5. The number of hydrogen-bond donors (Lipinski definition) is 0. The lowest BCUT2D eigenvalue weighted by Gasteiger charge is -2.20. The topological polar surface area (TPSA) is 67.3 Å². The minimum atomic E-state index is -3.42. The van der Waals surface area contributed by atoms with Crippen molar-refractivity contribution in [3.05, 3.63) is 84.4 Å². The first kappa shape index (κ1) is 23.5. The van der Waals surface area contributed by atoms with Gasteiger partial charge >= 0.3 is 0 Å². The number of benzene rings is 3. The van der Waals surface area contributed by atoms with E-state index in [9.17, 15) is 13.2 Å². The molecule has 0 atom stereocenters. The summed E-state index contributed by atoms with van der Waals surface area (Å²) in [6.45, 7) is 0.389. The monoisotopic (exact) mass is 496 g/mol. The molecule has 8 heteroatoms. The summed E-state index contributed by atoms with van der Waals surface area (Å²) in [4.78, 5) is 21.1. The first-order chi connectivity index (χ1) is 16.0. The number of aromatic nitrogens is 1. The Morgan fingerprint density at radius 3 is 2.39 bits per heavy atom. The molecule has 0 saturated heterocycles. The Balaban J connectivity index is 1.54. The third kappa shape index (κ3) is 5.82. The summed E-state index contributed by atoms with van der Waals surface area (Å²) in [5.41, 5.74) is 1.84. The molecule has 1 aromatic heterocycles. The summed E-state index contributed by atoms with van der Waals surface area (Å²) < 4.78 is 26.2. The number of carbonyl (C=O) groups is 1. The SMILES string of the molecule is CSc1ccc2nc(N(Cc3ccccc3)C(=O)CCCS(=O)(=O)c3ccccc3)sc2c1. The number of hydrogen-bond acceptors (Lipinski definition) is 6. The lowest BCUT2D eigenvalue weighted by Crippen LogP contribution is -2.30. The van der Waals surface area contributed by atoms with Gasteiger partial charge in [-0.15, -0.1) is 11.8 Å². The largest absolute Gasteiger partial charge is 0.284 e. The van der Waals surface area contributed by atoms with Crippen LogP contribution in [0.4, 0.5) is 5.13 Å². The van der Waals surface area contributed by atoms with Crippen LogP contribution < -0.4 is 4.90 Å². The van der Waals surface area contributed by atoms with Gasteiger partial charge in [-0.25, -0.2) is 13.4 Å². The second-order valence-electron chi connectivity index (χ2n) is 7.53. The predicted octanol–water partition coefficient (Wildman–Crippen LogP) is 5.81. The van der Waals surface area contributed by atoms with Gasteiger partial charge in [0.05, 0.1) is 27.4 Å². The zero-order chi connectivity index (χ0) is 23.3. The van der Waals surface area contributed by atoms with Gasteiger partial charge in [0.2, 0.25) is 5.91 Å². The van der Waals surface area contributed by atoms with E-state index in [2.05, 4.69) is 6.07 Å². The molecule has 0 spiro atoms. The van der Waals surface area contributed by atoms with E-state index in [1.807, 2.05) is 48.7 Å². The van der Waals surface area contributed by atoms with Gasteiger partial charge in [0.15, 0.2) is 15.0 Å². The fraction of sp³-hybridized carbons (Fsp3) is 0.200. The Labute approximate surface area is 202 Å². The highest BCUT2D eigenvalue weighted by atomic mass is 32.2. The molecule has 170 valence electrons. The van der Waals surface area contributed by atoms with Gasteiger partial charge in [0.1, 0.15) is 0 Å². The van der Waals surface area contributed by atoms with Crippen molar-refractivity contribution >= 4 is 54.2 Å². The van der Waals surface area contributed by atoms with Crippen LogP contribution in [-0.4, -0.2) is 31.3 Å². The Hall–Kier alpha value is -2.68. The Kier molecular flexibility index (Phi) is 7.47. The first-order valence-corrected chi connectivity index (χ1v) is 14.2. The second kappa shape index (κ2) is 10.5. The molecule has 0 fully saturated rings. The summed E-state index contributed by atoms with van der Waals surface area (Å²) in [5, 5.41) is 0.628. The van der Waals surface area contributed by atoms with Crippen molar-refractivity contribution in [2.45, 2.75) is 29.2 Å². The van der Waals surface area contributed by atoms with Gasteiger partial charge in [0, 0.05) is 11.3 Å². The van der Waals surface area contributed by atoms with Gasteiger partial charge in [-0.3, -0.25) is 9.69 Å². The molecule has 1 amide bonds. The van der Waals surface area contributed by atoms with Crippen molar-refractivity contribution < 1.29 is 13.2 Å². The summed E-state index contributed by atoms with van der Waals surface area (Å²) in [6, 6.07) is 24.2. The molecular formula is C25H24N2O3S3. The highest BCUT2D eigenvalue weighted by Gasteiger charge is 2.22. The maximum atomic E-state index is 13.3.